The molecule has 0 saturated carbocycles. The molecule has 0 fully saturated rings. The van der Waals surface area contributed by atoms with Crippen molar-refractivity contribution in [2.45, 2.75) is 37.5 Å². The third-order valence-corrected chi connectivity index (χ3v) is 5.39. The van der Waals surface area contributed by atoms with Crippen LogP contribution in [0.3, 0.4) is 0 Å². The fourth-order valence-corrected chi connectivity index (χ4v) is 3.67. The van der Waals surface area contributed by atoms with E-state index in [1.165, 1.54) is 6.07 Å². The number of carbonyl (C=O) groups excluding carboxylic acids is 2. The number of amides is 2. The molecular formula is C20H21F2N5O3S. The van der Waals surface area contributed by atoms with Crippen LogP contribution in [0.25, 0.3) is 0 Å². The molecular weight excluding hydrogens is 428 g/mol. The molecule has 0 unspecified atom stereocenters. The zero-order chi connectivity index (χ0) is 22.4. The predicted molar refractivity (Wildman–Crippen MR) is 109 cm³/mol. The number of aryl methyl sites for hydroxylation is 1. The number of halogens is 2. The van der Waals surface area contributed by atoms with Gasteiger partial charge < -0.3 is 15.5 Å². The Balaban J connectivity index is 1.65. The maximum Gasteiger partial charge on any atom is 0.230 e. The molecule has 2 heterocycles. The second-order valence-corrected chi connectivity index (χ2v) is 7.72. The average Bonchev–Trinajstić information content (AvgIpc) is 3.35. The van der Waals surface area contributed by atoms with Crippen molar-refractivity contribution in [2.24, 2.45) is 5.73 Å². The van der Waals surface area contributed by atoms with Gasteiger partial charge in [0.2, 0.25) is 11.8 Å². The zero-order valence-corrected chi connectivity index (χ0v) is 17.5. The highest BCUT2D eigenvalue weighted by molar-refractivity contribution is 7.99. The molecule has 164 valence electrons. The van der Waals surface area contributed by atoms with Crippen LogP contribution >= 0.6 is 11.8 Å². The largest absolute Gasteiger partial charge is 0.467 e. The number of nitrogens with zero attached hydrogens (tertiary/aromatic N) is 3. The molecule has 1 atom stereocenters. The molecule has 0 bridgehead atoms. The van der Waals surface area contributed by atoms with Crippen molar-refractivity contribution in [3.05, 3.63) is 65.4 Å². The molecule has 0 aliphatic carbocycles. The second-order valence-electron chi connectivity index (χ2n) is 6.77. The molecule has 1 aromatic carbocycles. The van der Waals surface area contributed by atoms with Gasteiger partial charge in [0.1, 0.15) is 23.2 Å². The van der Waals surface area contributed by atoms with Crippen LogP contribution in [-0.4, -0.2) is 32.3 Å². The monoisotopic (exact) mass is 449 g/mol. The van der Waals surface area contributed by atoms with Crippen molar-refractivity contribution < 1.29 is 22.8 Å². The minimum atomic E-state index is -0.724. The molecule has 0 saturated heterocycles. The summed E-state index contributed by atoms with van der Waals surface area (Å²) in [5.74, 6) is -1.02. The molecule has 2 amide bonds. The first-order chi connectivity index (χ1) is 14.8. The first-order valence-electron chi connectivity index (χ1n) is 9.43. The van der Waals surface area contributed by atoms with Gasteiger partial charge in [-0.1, -0.05) is 17.8 Å². The molecule has 2 aromatic heterocycles. The first-order valence-corrected chi connectivity index (χ1v) is 10.4. The normalized spacial score (nSPS) is 12.0. The van der Waals surface area contributed by atoms with Crippen LogP contribution < -0.4 is 11.1 Å². The number of nitrogens with one attached hydrogen (secondary N) is 1. The highest BCUT2D eigenvalue weighted by Crippen LogP contribution is 2.21. The Hall–Kier alpha value is -3.21. The number of carbonyl (C=O) groups is 2. The van der Waals surface area contributed by atoms with E-state index in [1.54, 1.807) is 29.9 Å². The maximum atomic E-state index is 13.9. The van der Waals surface area contributed by atoms with Crippen LogP contribution in [0.15, 0.2) is 46.2 Å². The number of aromatic nitrogens is 3. The number of benzene rings is 1. The summed E-state index contributed by atoms with van der Waals surface area (Å²) in [6, 6.07) is 6.11. The summed E-state index contributed by atoms with van der Waals surface area (Å²) in [4.78, 5) is 23.5. The summed E-state index contributed by atoms with van der Waals surface area (Å²) in [6.07, 6.45) is 1.96. The second kappa shape index (κ2) is 10.2. The van der Waals surface area contributed by atoms with E-state index in [4.69, 9.17) is 10.2 Å². The fourth-order valence-electron chi connectivity index (χ4n) is 2.91. The minimum absolute atomic E-state index is 0.000733. The number of thioether (sulfide) groups is 1. The van der Waals surface area contributed by atoms with Crippen LogP contribution in [0.5, 0.6) is 0 Å². The molecule has 11 heteroatoms. The van der Waals surface area contributed by atoms with E-state index in [1.807, 2.05) is 0 Å². The lowest BCUT2D eigenvalue weighted by Crippen LogP contribution is -2.29. The summed E-state index contributed by atoms with van der Waals surface area (Å²) in [7, 11) is 0. The number of hydrogen-bond acceptors (Lipinski definition) is 6. The number of hydrogen-bond donors (Lipinski definition) is 2. The third kappa shape index (κ3) is 6.14. The van der Waals surface area contributed by atoms with Gasteiger partial charge in [0.05, 0.1) is 24.6 Å². The van der Waals surface area contributed by atoms with E-state index in [2.05, 4.69) is 15.5 Å². The Morgan fingerprint density at radius 2 is 2.10 bits per heavy atom. The smallest absolute Gasteiger partial charge is 0.230 e. The highest BCUT2D eigenvalue weighted by Gasteiger charge is 2.18. The molecule has 0 aliphatic rings. The Morgan fingerprint density at radius 1 is 1.29 bits per heavy atom. The van der Waals surface area contributed by atoms with Gasteiger partial charge in [0.15, 0.2) is 5.16 Å². The van der Waals surface area contributed by atoms with Crippen molar-refractivity contribution in [1.82, 2.24) is 20.1 Å². The van der Waals surface area contributed by atoms with Gasteiger partial charge in [-0.05, 0) is 25.1 Å². The number of primary amides is 1. The Kier molecular flexibility index (Phi) is 7.40. The average molecular weight is 449 g/mol. The van der Waals surface area contributed by atoms with E-state index in [0.717, 1.165) is 23.9 Å². The summed E-state index contributed by atoms with van der Waals surface area (Å²) in [6.45, 7) is 1.94. The van der Waals surface area contributed by atoms with Crippen molar-refractivity contribution >= 4 is 23.6 Å². The van der Waals surface area contributed by atoms with Gasteiger partial charge in [0.25, 0.3) is 0 Å². The number of nitrogens with two attached hydrogens (primary N) is 1. The van der Waals surface area contributed by atoms with Crippen LogP contribution in [0.2, 0.25) is 0 Å². The standard InChI is InChI=1S/C20H21F2N5O3S/c1-12(15-5-4-13(21)9-16(15)22)24-19(29)11-31-20-26-25-18(7-6-17(23)28)27(20)10-14-3-2-8-30-14/h2-5,8-9,12H,6-7,10-11H2,1H3,(H2,23,28)(H,24,29)/t12-/m0/s1. The van der Waals surface area contributed by atoms with E-state index in [0.29, 0.717) is 29.7 Å². The van der Waals surface area contributed by atoms with Crippen molar-refractivity contribution in [3.8, 4) is 0 Å². The molecule has 0 spiro atoms. The van der Waals surface area contributed by atoms with Crippen LogP contribution in [0.1, 0.15) is 36.5 Å². The fraction of sp³-hybridized carbons (Fsp3) is 0.300. The highest BCUT2D eigenvalue weighted by atomic mass is 32.2. The molecule has 8 nitrogen and oxygen atoms in total. The molecule has 3 rings (SSSR count). The van der Waals surface area contributed by atoms with E-state index in [9.17, 15) is 18.4 Å². The Morgan fingerprint density at radius 3 is 2.77 bits per heavy atom. The van der Waals surface area contributed by atoms with Gasteiger partial charge in [-0.15, -0.1) is 10.2 Å². The third-order valence-electron chi connectivity index (χ3n) is 4.42. The van der Waals surface area contributed by atoms with Gasteiger partial charge in [-0.2, -0.15) is 0 Å². The van der Waals surface area contributed by atoms with Crippen LogP contribution in [-0.2, 0) is 22.6 Å². The SMILES string of the molecule is C[C@H](NC(=O)CSc1nnc(CCC(N)=O)n1Cc1ccco1)c1ccc(F)cc1F. The molecule has 0 radical (unpaired) electrons. The lowest BCUT2D eigenvalue weighted by molar-refractivity contribution is -0.119. The lowest BCUT2D eigenvalue weighted by Gasteiger charge is -2.15. The zero-order valence-electron chi connectivity index (χ0n) is 16.7. The maximum absolute atomic E-state index is 13.9. The molecule has 3 aromatic rings. The van der Waals surface area contributed by atoms with E-state index < -0.39 is 23.6 Å². The summed E-state index contributed by atoms with van der Waals surface area (Å²) in [5.41, 5.74) is 5.41. The molecule has 0 aliphatic heterocycles. The Bertz CT molecular complexity index is 1060. The van der Waals surface area contributed by atoms with Crippen molar-refractivity contribution in [3.63, 3.8) is 0 Å². The predicted octanol–water partition coefficient (Wildman–Crippen LogP) is 2.59. The molecule has 31 heavy (non-hydrogen) atoms. The summed E-state index contributed by atoms with van der Waals surface area (Å²) < 4.78 is 34.1. The van der Waals surface area contributed by atoms with Gasteiger partial charge in [0, 0.05) is 24.5 Å². The first kappa shape index (κ1) is 22.5. The van der Waals surface area contributed by atoms with Crippen molar-refractivity contribution in [1.29, 1.82) is 0 Å². The van der Waals surface area contributed by atoms with Gasteiger partial charge >= 0.3 is 0 Å². The van der Waals surface area contributed by atoms with Gasteiger partial charge in [-0.25, -0.2) is 8.78 Å². The van der Waals surface area contributed by atoms with E-state index in [-0.39, 0.29) is 23.6 Å². The van der Waals surface area contributed by atoms with E-state index >= 15 is 0 Å². The topological polar surface area (TPSA) is 116 Å². The Labute approximate surface area is 181 Å². The summed E-state index contributed by atoms with van der Waals surface area (Å²) >= 11 is 1.14. The lowest BCUT2D eigenvalue weighted by atomic mass is 10.1. The van der Waals surface area contributed by atoms with Crippen LogP contribution in [0, 0.1) is 11.6 Å². The number of rotatable bonds is 10. The number of furan rings is 1. The van der Waals surface area contributed by atoms with Crippen LogP contribution in [0.4, 0.5) is 8.78 Å². The minimum Gasteiger partial charge on any atom is -0.467 e. The van der Waals surface area contributed by atoms with Crippen molar-refractivity contribution in [2.75, 3.05) is 5.75 Å². The quantitative estimate of drug-likeness (QED) is 0.460. The van der Waals surface area contributed by atoms with Gasteiger partial charge in [-0.3, -0.25) is 14.2 Å². The summed E-state index contributed by atoms with van der Waals surface area (Å²) in [5, 5.41) is 11.4. The molecule has 3 N–H and O–H groups in total.